The highest BCUT2D eigenvalue weighted by molar-refractivity contribution is 5.74. The molecule has 0 aromatic heterocycles. The summed E-state index contributed by atoms with van der Waals surface area (Å²) in [5, 5.41) is 0. The second-order valence-corrected chi connectivity index (χ2v) is 11.5. The Morgan fingerprint density at radius 2 is 1.29 bits per heavy atom. The van der Waals surface area contributed by atoms with Gasteiger partial charge in [0.25, 0.3) is 0 Å². The molecule has 0 aliphatic rings. The van der Waals surface area contributed by atoms with Gasteiger partial charge in [-0.15, -0.1) is 0 Å². The number of carbonyl (C=O) groups is 1. The predicted octanol–water partition coefficient (Wildman–Crippen LogP) is 8.86. The maximum atomic E-state index is 12.9. The summed E-state index contributed by atoms with van der Waals surface area (Å²) in [6.07, 6.45) is 16.8. The molecule has 212 valence electrons. The van der Waals surface area contributed by atoms with Crippen molar-refractivity contribution in [3.8, 4) is 5.75 Å². The molecule has 0 spiro atoms. The zero-order chi connectivity index (χ0) is 27.6. The fraction of sp³-hybridized carbons (Fsp3) is 0.618. The average Bonchev–Trinajstić information content (AvgIpc) is 2.89. The Hall–Kier alpha value is -2.33. The molecule has 2 atom stereocenters. The van der Waals surface area contributed by atoms with E-state index in [1.54, 1.807) is 6.92 Å². The summed E-state index contributed by atoms with van der Waals surface area (Å²) >= 11 is 0. The maximum absolute atomic E-state index is 12.9. The number of hydrogen-bond acceptors (Lipinski definition) is 3. The summed E-state index contributed by atoms with van der Waals surface area (Å²) in [6.45, 7) is 6.75. The van der Waals surface area contributed by atoms with Crippen molar-refractivity contribution >= 4 is 5.97 Å². The lowest BCUT2D eigenvalue weighted by Crippen LogP contribution is -2.51. The van der Waals surface area contributed by atoms with Gasteiger partial charge in [-0.3, -0.25) is 0 Å². The molecule has 0 aliphatic heterocycles. The number of unbranched alkanes of at least 4 members (excludes halogenated alkanes) is 11. The predicted molar refractivity (Wildman–Crippen MR) is 159 cm³/mol. The molecule has 0 N–H and O–H groups in total. The lowest BCUT2D eigenvalue weighted by Gasteiger charge is -2.35. The summed E-state index contributed by atoms with van der Waals surface area (Å²) in [7, 11) is 4.12. The van der Waals surface area contributed by atoms with Crippen molar-refractivity contribution < 1.29 is 18.8 Å². The molecule has 0 amide bonds. The molecule has 0 radical (unpaired) electrons. The lowest BCUT2D eigenvalue weighted by atomic mass is 10.0. The molecule has 0 saturated carbocycles. The van der Waals surface area contributed by atoms with E-state index in [1.165, 1.54) is 88.2 Å². The van der Waals surface area contributed by atoms with Crippen LogP contribution >= 0.6 is 0 Å². The Balaban J connectivity index is 1.65. The fourth-order valence-electron chi connectivity index (χ4n) is 4.90. The Bertz CT molecular complexity index is 896. The van der Waals surface area contributed by atoms with Crippen molar-refractivity contribution in [3.63, 3.8) is 0 Å². The monoisotopic (exact) mass is 524 g/mol. The first-order chi connectivity index (χ1) is 18.3. The minimum absolute atomic E-state index is 0.244. The van der Waals surface area contributed by atoms with Crippen LogP contribution in [0.1, 0.15) is 109 Å². The normalized spacial score (nSPS) is 13.2. The second kappa shape index (κ2) is 18.0. The fourth-order valence-corrected chi connectivity index (χ4v) is 4.90. The molecule has 0 fully saturated rings. The molecule has 2 unspecified atom stereocenters. The van der Waals surface area contributed by atoms with Crippen molar-refractivity contribution in [2.45, 2.75) is 123 Å². The average molecular weight is 525 g/mol. The highest BCUT2D eigenvalue weighted by Crippen LogP contribution is 2.20. The first-order valence-electron chi connectivity index (χ1n) is 15.1. The van der Waals surface area contributed by atoms with Gasteiger partial charge in [0.2, 0.25) is 6.29 Å². The number of rotatable bonds is 20. The van der Waals surface area contributed by atoms with Crippen LogP contribution in [0, 0.1) is 0 Å². The first-order valence-corrected chi connectivity index (χ1v) is 15.1. The number of benzene rings is 2. The molecule has 4 heteroatoms. The quantitative estimate of drug-likeness (QED) is 0.0751. The highest BCUT2D eigenvalue weighted by atomic mass is 16.7. The van der Waals surface area contributed by atoms with Gasteiger partial charge < -0.3 is 14.0 Å². The summed E-state index contributed by atoms with van der Waals surface area (Å²) in [4.78, 5) is 12.9. The van der Waals surface area contributed by atoms with Gasteiger partial charge >= 0.3 is 5.97 Å². The van der Waals surface area contributed by atoms with E-state index in [1.807, 2.05) is 37.3 Å². The smallest absolute Gasteiger partial charge is 0.367 e. The van der Waals surface area contributed by atoms with Crippen LogP contribution in [0.25, 0.3) is 0 Å². The van der Waals surface area contributed by atoms with Crippen molar-refractivity contribution in [2.75, 3.05) is 14.1 Å². The molecule has 4 nitrogen and oxygen atoms in total. The molecule has 2 aromatic carbocycles. The van der Waals surface area contributed by atoms with E-state index in [4.69, 9.17) is 9.47 Å². The Morgan fingerprint density at radius 3 is 1.89 bits per heavy atom. The summed E-state index contributed by atoms with van der Waals surface area (Å²) < 4.78 is 12.2. The number of carbonyl (C=O) groups excluding carboxylic acids is 1. The third-order valence-electron chi connectivity index (χ3n) is 7.62. The van der Waals surface area contributed by atoms with Gasteiger partial charge in [-0.05, 0) is 37.5 Å². The van der Waals surface area contributed by atoms with Crippen LogP contribution in [0.4, 0.5) is 0 Å². The van der Waals surface area contributed by atoms with Crippen LogP contribution in [0.3, 0.4) is 0 Å². The number of aryl methyl sites for hydroxylation is 1. The van der Waals surface area contributed by atoms with Gasteiger partial charge in [-0.1, -0.05) is 120 Å². The van der Waals surface area contributed by atoms with E-state index in [0.717, 1.165) is 18.7 Å². The molecule has 2 aromatic rings. The summed E-state index contributed by atoms with van der Waals surface area (Å²) in [5.41, 5.74) is 2.48. The molecular weight excluding hydrogens is 470 g/mol. The van der Waals surface area contributed by atoms with Gasteiger partial charge in [0, 0.05) is 12.5 Å². The second-order valence-electron chi connectivity index (χ2n) is 11.5. The standard InChI is InChI=1S/C34H54NO3/c1-6-7-8-9-10-11-12-13-14-15-16-18-22-31-25-21-26-33(27-31)37-30(3)38-34(36)29(2)35(4,5)28-32-23-19-17-20-24-32/h17,19-21,23-27,29-30H,6-16,18,22,28H2,1-5H3/q+1. The van der Waals surface area contributed by atoms with Crippen LogP contribution in [0.5, 0.6) is 5.75 Å². The summed E-state index contributed by atoms with van der Waals surface area (Å²) in [6, 6.07) is 18.2. The number of likely N-dealkylation sites (N-methyl/N-ethyl adjacent to an activating group) is 1. The Kier molecular flexibility index (Phi) is 15.1. The van der Waals surface area contributed by atoms with Crippen LogP contribution in [-0.2, 0) is 22.5 Å². The van der Waals surface area contributed by atoms with Crippen molar-refractivity contribution in [2.24, 2.45) is 0 Å². The Labute approximate surface area is 233 Å². The third-order valence-corrected chi connectivity index (χ3v) is 7.62. The number of esters is 1. The number of nitrogens with zero attached hydrogens (tertiary/aromatic N) is 1. The van der Waals surface area contributed by atoms with Gasteiger partial charge in [-0.2, -0.15) is 0 Å². The molecular formula is C34H54NO3+. The minimum atomic E-state index is -0.636. The number of ether oxygens (including phenoxy) is 2. The third kappa shape index (κ3) is 13.0. The number of quaternary nitrogens is 1. The van der Waals surface area contributed by atoms with E-state index in [9.17, 15) is 4.79 Å². The largest absolute Gasteiger partial charge is 0.455 e. The zero-order valence-electron chi connectivity index (χ0n) is 24.9. The van der Waals surface area contributed by atoms with Crippen LogP contribution in [-0.4, -0.2) is 36.9 Å². The summed E-state index contributed by atoms with van der Waals surface area (Å²) in [5.74, 6) is 0.513. The SMILES string of the molecule is CCCCCCCCCCCCCCc1cccc(OC(C)OC(=O)C(C)[N+](C)(C)Cc2ccccc2)c1. The van der Waals surface area contributed by atoms with E-state index < -0.39 is 6.29 Å². The number of hydrogen-bond donors (Lipinski definition) is 0. The molecule has 38 heavy (non-hydrogen) atoms. The molecule has 0 aliphatic carbocycles. The van der Waals surface area contributed by atoms with Crippen molar-refractivity contribution in [3.05, 3.63) is 65.7 Å². The van der Waals surface area contributed by atoms with E-state index in [0.29, 0.717) is 4.48 Å². The van der Waals surface area contributed by atoms with Crippen molar-refractivity contribution in [1.29, 1.82) is 0 Å². The van der Waals surface area contributed by atoms with E-state index in [2.05, 4.69) is 45.3 Å². The molecule has 0 bridgehead atoms. The van der Waals surface area contributed by atoms with Gasteiger partial charge in [0.05, 0.1) is 14.1 Å². The minimum Gasteiger partial charge on any atom is -0.455 e. The zero-order valence-corrected chi connectivity index (χ0v) is 24.9. The lowest BCUT2D eigenvalue weighted by molar-refractivity contribution is -0.917. The van der Waals surface area contributed by atoms with Gasteiger partial charge in [0.1, 0.15) is 12.3 Å². The van der Waals surface area contributed by atoms with Gasteiger partial charge in [-0.25, -0.2) is 4.79 Å². The Morgan fingerprint density at radius 1 is 0.737 bits per heavy atom. The van der Waals surface area contributed by atoms with E-state index in [-0.39, 0.29) is 12.0 Å². The van der Waals surface area contributed by atoms with Gasteiger partial charge in [0.15, 0.2) is 6.04 Å². The first kappa shape index (κ1) is 31.9. The van der Waals surface area contributed by atoms with Crippen molar-refractivity contribution in [1.82, 2.24) is 0 Å². The molecule has 0 heterocycles. The topological polar surface area (TPSA) is 35.5 Å². The van der Waals surface area contributed by atoms with Crippen LogP contribution in [0.2, 0.25) is 0 Å². The highest BCUT2D eigenvalue weighted by Gasteiger charge is 2.33. The maximum Gasteiger partial charge on any atom is 0.367 e. The van der Waals surface area contributed by atoms with Crippen LogP contribution < -0.4 is 4.74 Å². The molecule has 2 rings (SSSR count). The van der Waals surface area contributed by atoms with E-state index >= 15 is 0 Å². The van der Waals surface area contributed by atoms with Crippen LogP contribution in [0.15, 0.2) is 54.6 Å². The molecule has 0 saturated heterocycles.